The average Bonchev–Trinajstić information content (AvgIpc) is 3.20. The van der Waals surface area contributed by atoms with Gasteiger partial charge in [0.05, 0.1) is 25.1 Å². The minimum absolute atomic E-state index is 0.216. The molecule has 4 rings (SSSR count). The summed E-state index contributed by atoms with van der Waals surface area (Å²) in [5.41, 5.74) is 3.23. The number of hydrogen-bond acceptors (Lipinski definition) is 4. The maximum absolute atomic E-state index is 12.5. The highest BCUT2D eigenvalue weighted by molar-refractivity contribution is 6.30. The predicted octanol–water partition coefficient (Wildman–Crippen LogP) is 3.59. The number of rotatable bonds is 7. The van der Waals surface area contributed by atoms with Crippen molar-refractivity contribution >= 4 is 17.4 Å². The maximum atomic E-state index is 12.5. The molecule has 0 aliphatic carbocycles. The van der Waals surface area contributed by atoms with E-state index in [1.54, 1.807) is 6.33 Å². The van der Waals surface area contributed by atoms with Crippen molar-refractivity contribution in [3.63, 3.8) is 0 Å². The van der Waals surface area contributed by atoms with E-state index in [1.807, 2.05) is 53.2 Å². The van der Waals surface area contributed by atoms with Gasteiger partial charge in [0.25, 0.3) is 0 Å². The second-order valence-corrected chi connectivity index (χ2v) is 7.95. The van der Waals surface area contributed by atoms with Crippen LogP contribution in [0.4, 0.5) is 0 Å². The Bertz CT molecular complexity index is 931. The Hall–Kier alpha value is -2.47. The Balaban J connectivity index is 1.23. The van der Waals surface area contributed by atoms with Crippen LogP contribution >= 0.6 is 11.6 Å². The SMILES string of the molecule is O=C(CN1CCN(Cc2ccc(Cl)cc2)CC1)Cn1cnc(-c2ccccc2)c1. The van der Waals surface area contributed by atoms with Gasteiger partial charge in [-0.3, -0.25) is 14.6 Å². The van der Waals surface area contributed by atoms with Gasteiger partial charge in [-0.25, -0.2) is 4.98 Å². The number of ketones is 1. The van der Waals surface area contributed by atoms with Gasteiger partial charge in [0.15, 0.2) is 5.78 Å². The molecule has 1 aliphatic heterocycles. The monoisotopic (exact) mass is 408 g/mol. The Morgan fingerprint density at radius 3 is 2.31 bits per heavy atom. The van der Waals surface area contributed by atoms with Gasteiger partial charge in [0, 0.05) is 49.5 Å². The molecule has 3 aromatic rings. The third kappa shape index (κ3) is 5.54. The lowest BCUT2D eigenvalue weighted by Gasteiger charge is -2.34. The number of nitrogens with zero attached hydrogens (tertiary/aromatic N) is 4. The molecule has 0 amide bonds. The first kappa shape index (κ1) is 19.8. The van der Waals surface area contributed by atoms with E-state index in [4.69, 9.17) is 11.6 Å². The summed E-state index contributed by atoms with van der Waals surface area (Å²) in [6.07, 6.45) is 3.68. The van der Waals surface area contributed by atoms with Gasteiger partial charge >= 0.3 is 0 Å². The Morgan fingerprint density at radius 1 is 0.897 bits per heavy atom. The fourth-order valence-electron chi connectivity index (χ4n) is 3.66. The number of carbonyl (C=O) groups excluding carboxylic acids is 1. The Labute approximate surface area is 176 Å². The molecule has 2 heterocycles. The van der Waals surface area contributed by atoms with Crippen molar-refractivity contribution in [2.75, 3.05) is 32.7 Å². The molecule has 29 heavy (non-hydrogen) atoms. The highest BCUT2D eigenvalue weighted by Crippen LogP contribution is 2.16. The van der Waals surface area contributed by atoms with Crippen LogP contribution in [0.5, 0.6) is 0 Å². The van der Waals surface area contributed by atoms with Crippen LogP contribution in [-0.2, 0) is 17.9 Å². The summed E-state index contributed by atoms with van der Waals surface area (Å²) in [5.74, 6) is 0.216. The lowest BCUT2D eigenvalue weighted by molar-refractivity contribution is -0.121. The summed E-state index contributed by atoms with van der Waals surface area (Å²) in [6.45, 7) is 5.56. The van der Waals surface area contributed by atoms with Gasteiger partial charge in [0.2, 0.25) is 0 Å². The van der Waals surface area contributed by atoms with Crippen LogP contribution in [0.15, 0.2) is 67.1 Å². The number of benzene rings is 2. The van der Waals surface area contributed by atoms with Gasteiger partial charge in [-0.1, -0.05) is 54.1 Å². The number of hydrogen-bond donors (Lipinski definition) is 0. The third-order valence-electron chi connectivity index (χ3n) is 5.25. The maximum Gasteiger partial charge on any atom is 0.166 e. The van der Waals surface area contributed by atoms with Crippen molar-refractivity contribution in [1.82, 2.24) is 19.4 Å². The second-order valence-electron chi connectivity index (χ2n) is 7.51. The zero-order chi connectivity index (χ0) is 20.1. The lowest BCUT2D eigenvalue weighted by atomic mass is 10.2. The molecule has 150 valence electrons. The molecule has 5 nitrogen and oxygen atoms in total. The number of piperazine rings is 1. The largest absolute Gasteiger partial charge is 0.329 e. The molecule has 0 atom stereocenters. The summed E-state index contributed by atoms with van der Waals surface area (Å²) in [6, 6.07) is 18.0. The minimum Gasteiger partial charge on any atom is -0.329 e. The topological polar surface area (TPSA) is 41.4 Å². The molecule has 0 spiro atoms. The molecule has 0 unspecified atom stereocenters. The zero-order valence-electron chi connectivity index (χ0n) is 16.4. The molecule has 0 radical (unpaired) electrons. The first-order chi connectivity index (χ1) is 14.2. The number of halogens is 1. The van der Waals surface area contributed by atoms with Crippen molar-refractivity contribution in [3.05, 3.63) is 77.7 Å². The molecule has 1 saturated heterocycles. The van der Waals surface area contributed by atoms with Gasteiger partial charge in [-0.15, -0.1) is 0 Å². The van der Waals surface area contributed by atoms with Crippen LogP contribution in [0.3, 0.4) is 0 Å². The van der Waals surface area contributed by atoms with E-state index < -0.39 is 0 Å². The van der Waals surface area contributed by atoms with Gasteiger partial charge in [-0.05, 0) is 17.7 Å². The molecule has 0 bridgehead atoms. The van der Waals surface area contributed by atoms with Crippen molar-refractivity contribution in [1.29, 1.82) is 0 Å². The Morgan fingerprint density at radius 2 is 1.59 bits per heavy atom. The standard InChI is InChI=1S/C23H25ClN4O/c24-21-8-6-19(7-9-21)14-26-10-12-27(13-11-26)15-22(29)16-28-17-23(25-18-28)20-4-2-1-3-5-20/h1-9,17-18H,10-16H2. The zero-order valence-corrected chi connectivity index (χ0v) is 17.1. The van der Waals surface area contributed by atoms with Gasteiger partial charge < -0.3 is 4.57 Å². The fourth-order valence-corrected chi connectivity index (χ4v) is 3.79. The van der Waals surface area contributed by atoms with Crippen LogP contribution in [-0.4, -0.2) is 57.9 Å². The molecule has 1 aromatic heterocycles. The Kier molecular flexibility index (Phi) is 6.39. The first-order valence-electron chi connectivity index (χ1n) is 9.94. The summed E-state index contributed by atoms with van der Waals surface area (Å²) >= 11 is 5.95. The molecular formula is C23H25ClN4O. The third-order valence-corrected chi connectivity index (χ3v) is 5.50. The molecule has 0 saturated carbocycles. The number of carbonyl (C=O) groups is 1. The van der Waals surface area contributed by atoms with E-state index in [9.17, 15) is 4.79 Å². The van der Waals surface area contributed by atoms with Gasteiger partial charge in [0.1, 0.15) is 0 Å². The van der Waals surface area contributed by atoms with Crippen LogP contribution in [0.1, 0.15) is 5.56 Å². The van der Waals surface area contributed by atoms with E-state index in [0.29, 0.717) is 13.1 Å². The van der Waals surface area contributed by atoms with Crippen LogP contribution < -0.4 is 0 Å². The number of imidazole rings is 1. The second kappa shape index (κ2) is 9.35. The molecule has 1 fully saturated rings. The van der Waals surface area contributed by atoms with E-state index in [-0.39, 0.29) is 5.78 Å². The van der Waals surface area contributed by atoms with Crippen LogP contribution in [0.25, 0.3) is 11.3 Å². The van der Waals surface area contributed by atoms with Crippen LogP contribution in [0.2, 0.25) is 5.02 Å². The van der Waals surface area contributed by atoms with Crippen molar-refractivity contribution in [3.8, 4) is 11.3 Å². The lowest BCUT2D eigenvalue weighted by Crippen LogP contribution is -2.47. The molecule has 2 aromatic carbocycles. The van der Waals surface area contributed by atoms with E-state index in [2.05, 4.69) is 26.9 Å². The molecular weight excluding hydrogens is 384 g/mol. The summed E-state index contributed by atoms with van der Waals surface area (Å²) in [4.78, 5) is 21.6. The quantitative estimate of drug-likeness (QED) is 0.599. The van der Waals surface area contributed by atoms with Crippen LogP contribution in [0, 0.1) is 0 Å². The highest BCUT2D eigenvalue weighted by Gasteiger charge is 2.19. The predicted molar refractivity (Wildman–Crippen MR) is 116 cm³/mol. The highest BCUT2D eigenvalue weighted by atomic mass is 35.5. The number of Topliss-reactive ketones (excluding diaryl/α,β-unsaturated/α-hetero) is 1. The van der Waals surface area contributed by atoms with E-state index in [1.165, 1.54) is 5.56 Å². The molecule has 1 aliphatic rings. The summed E-state index contributed by atoms with van der Waals surface area (Å²) < 4.78 is 1.88. The average molecular weight is 409 g/mol. The summed E-state index contributed by atoms with van der Waals surface area (Å²) in [7, 11) is 0. The van der Waals surface area contributed by atoms with Crippen molar-refractivity contribution in [2.45, 2.75) is 13.1 Å². The molecule has 0 N–H and O–H groups in total. The smallest absolute Gasteiger partial charge is 0.166 e. The molecule has 6 heteroatoms. The van der Waals surface area contributed by atoms with Crippen molar-refractivity contribution in [2.24, 2.45) is 0 Å². The first-order valence-corrected chi connectivity index (χ1v) is 10.3. The normalized spacial score (nSPS) is 15.5. The van der Waals surface area contributed by atoms with Crippen molar-refractivity contribution < 1.29 is 4.79 Å². The summed E-state index contributed by atoms with van der Waals surface area (Å²) in [5, 5.41) is 0.769. The number of aromatic nitrogens is 2. The van der Waals surface area contributed by atoms with E-state index >= 15 is 0 Å². The minimum atomic E-state index is 0.216. The van der Waals surface area contributed by atoms with Gasteiger partial charge in [-0.2, -0.15) is 0 Å². The van der Waals surface area contributed by atoms with E-state index in [0.717, 1.165) is 49.0 Å². The fraction of sp³-hybridized carbons (Fsp3) is 0.304.